The van der Waals surface area contributed by atoms with Crippen molar-refractivity contribution in [3.63, 3.8) is 0 Å². The third-order valence-electron chi connectivity index (χ3n) is 2.28. The zero-order valence-corrected chi connectivity index (χ0v) is 10.0. The summed E-state index contributed by atoms with van der Waals surface area (Å²) >= 11 is 5.96. The van der Waals surface area contributed by atoms with Gasteiger partial charge in [0.15, 0.2) is 0 Å². The van der Waals surface area contributed by atoms with Gasteiger partial charge in [-0.25, -0.2) is 4.39 Å². The maximum Gasteiger partial charge on any atom is 0.128 e. The summed E-state index contributed by atoms with van der Waals surface area (Å²) in [6.07, 6.45) is 0. The first-order chi connectivity index (χ1) is 8.56. The van der Waals surface area contributed by atoms with Gasteiger partial charge in [-0.05, 0) is 36.4 Å². The van der Waals surface area contributed by atoms with E-state index in [1.807, 2.05) is 0 Å². The molecule has 0 aromatic heterocycles. The molecule has 3 nitrogen and oxygen atoms in total. The van der Waals surface area contributed by atoms with Crippen molar-refractivity contribution in [1.29, 1.82) is 5.41 Å². The van der Waals surface area contributed by atoms with E-state index in [9.17, 15) is 4.39 Å². The quantitative estimate of drug-likeness (QED) is 0.658. The smallest absolute Gasteiger partial charge is 0.128 e. The van der Waals surface area contributed by atoms with E-state index < -0.39 is 0 Å². The summed E-state index contributed by atoms with van der Waals surface area (Å²) in [6, 6.07) is 10.4. The standard InChI is InChI=1S/C13H10ClFN2O/c14-12-7-10(5-6-11(12)13(16)17)18-9-3-1-8(15)2-4-9/h1-7H,(H3,16,17). The van der Waals surface area contributed by atoms with Crippen LogP contribution >= 0.6 is 11.6 Å². The molecule has 0 bridgehead atoms. The van der Waals surface area contributed by atoms with E-state index in [1.54, 1.807) is 18.2 Å². The van der Waals surface area contributed by atoms with Crippen molar-refractivity contribution in [2.75, 3.05) is 0 Å². The average Bonchev–Trinajstić information content (AvgIpc) is 2.32. The summed E-state index contributed by atoms with van der Waals surface area (Å²) in [5.74, 6) is 0.570. The molecule has 0 aliphatic heterocycles. The lowest BCUT2D eigenvalue weighted by Gasteiger charge is -2.08. The zero-order valence-electron chi connectivity index (χ0n) is 9.28. The molecule has 3 N–H and O–H groups in total. The van der Waals surface area contributed by atoms with Gasteiger partial charge in [-0.15, -0.1) is 0 Å². The van der Waals surface area contributed by atoms with E-state index in [4.69, 9.17) is 27.5 Å². The summed E-state index contributed by atoms with van der Waals surface area (Å²) < 4.78 is 18.2. The van der Waals surface area contributed by atoms with E-state index in [2.05, 4.69) is 0 Å². The normalized spacial score (nSPS) is 10.1. The van der Waals surface area contributed by atoms with Gasteiger partial charge in [0.25, 0.3) is 0 Å². The van der Waals surface area contributed by atoms with E-state index in [0.717, 1.165) is 0 Å². The molecular weight excluding hydrogens is 255 g/mol. The topological polar surface area (TPSA) is 59.1 Å². The van der Waals surface area contributed by atoms with Crippen LogP contribution in [-0.2, 0) is 0 Å². The van der Waals surface area contributed by atoms with Crippen molar-refractivity contribution in [2.45, 2.75) is 0 Å². The number of nitrogens with two attached hydrogens (primary N) is 1. The molecular formula is C13H10ClFN2O. The van der Waals surface area contributed by atoms with E-state index in [-0.39, 0.29) is 11.7 Å². The van der Waals surface area contributed by atoms with Crippen LogP contribution in [0.25, 0.3) is 0 Å². The van der Waals surface area contributed by atoms with Gasteiger partial charge in [0.2, 0.25) is 0 Å². The monoisotopic (exact) mass is 264 g/mol. The van der Waals surface area contributed by atoms with Crippen molar-refractivity contribution in [1.82, 2.24) is 0 Å². The van der Waals surface area contributed by atoms with E-state index in [1.165, 1.54) is 24.3 Å². The Bertz CT molecular complexity index is 584. The predicted molar refractivity (Wildman–Crippen MR) is 68.9 cm³/mol. The Morgan fingerprint density at radius 2 is 1.72 bits per heavy atom. The number of nitrogen functional groups attached to an aromatic ring is 1. The van der Waals surface area contributed by atoms with E-state index >= 15 is 0 Å². The highest BCUT2D eigenvalue weighted by Gasteiger charge is 2.06. The number of halogens is 2. The number of ether oxygens (including phenoxy) is 1. The Hall–Kier alpha value is -2.07. The molecule has 2 rings (SSSR count). The van der Waals surface area contributed by atoms with Crippen LogP contribution in [0.2, 0.25) is 5.02 Å². The Kier molecular flexibility index (Phi) is 3.48. The van der Waals surface area contributed by atoms with Gasteiger partial charge in [-0.3, -0.25) is 5.41 Å². The average molecular weight is 265 g/mol. The summed E-state index contributed by atoms with van der Waals surface area (Å²) in [5.41, 5.74) is 5.80. The lowest BCUT2D eigenvalue weighted by molar-refractivity contribution is 0.480. The first kappa shape index (κ1) is 12.4. The molecule has 92 valence electrons. The summed E-state index contributed by atoms with van der Waals surface area (Å²) in [7, 11) is 0. The molecule has 0 aliphatic rings. The second kappa shape index (κ2) is 5.06. The molecule has 0 atom stereocenters. The molecule has 0 aliphatic carbocycles. The lowest BCUT2D eigenvalue weighted by Crippen LogP contribution is -2.11. The van der Waals surface area contributed by atoms with Crippen molar-refractivity contribution < 1.29 is 9.13 Å². The SMILES string of the molecule is N=C(N)c1ccc(Oc2ccc(F)cc2)cc1Cl. The van der Waals surface area contributed by atoms with Crippen LogP contribution in [0.3, 0.4) is 0 Å². The predicted octanol–water partition coefficient (Wildman–Crippen LogP) is 3.56. The van der Waals surface area contributed by atoms with Crippen LogP contribution in [0.5, 0.6) is 11.5 Å². The molecule has 2 aromatic rings. The maximum atomic E-state index is 12.7. The fourth-order valence-corrected chi connectivity index (χ4v) is 1.69. The maximum absolute atomic E-state index is 12.7. The Balaban J connectivity index is 2.22. The van der Waals surface area contributed by atoms with Crippen LogP contribution in [-0.4, -0.2) is 5.84 Å². The first-order valence-corrected chi connectivity index (χ1v) is 5.51. The summed E-state index contributed by atoms with van der Waals surface area (Å²) in [4.78, 5) is 0. The van der Waals surface area contributed by atoms with Gasteiger partial charge in [0.1, 0.15) is 23.2 Å². The van der Waals surface area contributed by atoms with Gasteiger partial charge < -0.3 is 10.5 Å². The fourth-order valence-electron chi connectivity index (χ4n) is 1.42. The minimum Gasteiger partial charge on any atom is -0.457 e. The number of hydrogen-bond acceptors (Lipinski definition) is 2. The molecule has 18 heavy (non-hydrogen) atoms. The van der Waals surface area contributed by atoms with E-state index in [0.29, 0.717) is 22.1 Å². The van der Waals surface area contributed by atoms with Crippen LogP contribution in [0.4, 0.5) is 4.39 Å². The highest BCUT2D eigenvalue weighted by molar-refractivity contribution is 6.34. The van der Waals surface area contributed by atoms with Crippen molar-refractivity contribution in [3.05, 3.63) is 58.9 Å². The lowest BCUT2D eigenvalue weighted by atomic mass is 10.2. The zero-order chi connectivity index (χ0) is 13.1. The molecule has 0 saturated heterocycles. The second-order valence-electron chi connectivity index (χ2n) is 3.61. The van der Waals surface area contributed by atoms with Gasteiger partial charge in [0, 0.05) is 11.6 Å². The van der Waals surface area contributed by atoms with Gasteiger partial charge >= 0.3 is 0 Å². The Labute approximate surface area is 108 Å². The molecule has 0 saturated carbocycles. The van der Waals surface area contributed by atoms with Crippen LogP contribution < -0.4 is 10.5 Å². The summed E-state index contributed by atoms with van der Waals surface area (Å²) in [5, 5.41) is 7.64. The molecule has 0 fully saturated rings. The first-order valence-electron chi connectivity index (χ1n) is 5.13. The molecule has 2 aromatic carbocycles. The fraction of sp³-hybridized carbons (Fsp3) is 0. The molecule has 0 radical (unpaired) electrons. The molecule has 0 unspecified atom stereocenters. The number of benzene rings is 2. The number of hydrogen-bond donors (Lipinski definition) is 2. The Morgan fingerprint density at radius 3 is 2.28 bits per heavy atom. The number of amidine groups is 1. The number of nitrogens with one attached hydrogen (secondary N) is 1. The minimum atomic E-state index is -0.327. The molecule has 0 heterocycles. The Morgan fingerprint density at radius 1 is 1.11 bits per heavy atom. The highest BCUT2D eigenvalue weighted by atomic mass is 35.5. The molecule has 5 heteroatoms. The van der Waals surface area contributed by atoms with Crippen molar-refractivity contribution in [3.8, 4) is 11.5 Å². The largest absolute Gasteiger partial charge is 0.457 e. The highest BCUT2D eigenvalue weighted by Crippen LogP contribution is 2.26. The van der Waals surface area contributed by atoms with Crippen molar-refractivity contribution in [2.24, 2.45) is 5.73 Å². The minimum absolute atomic E-state index is 0.103. The van der Waals surface area contributed by atoms with Gasteiger partial charge in [-0.2, -0.15) is 0 Å². The second-order valence-corrected chi connectivity index (χ2v) is 4.02. The third-order valence-corrected chi connectivity index (χ3v) is 2.59. The molecule has 0 amide bonds. The van der Waals surface area contributed by atoms with Crippen LogP contribution in [0.1, 0.15) is 5.56 Å². The van der Waals surface area contributed by atoms with Gasteiger partial charge in [-0.1, -0.05) is 11.6 Å². The number of rotatable bonds is 3. The molecule has 0 spiro atoms. The van der Waals surface area contributed by atoms with Crippen molar-refractivity contribution >= 4 is 17.4 Å². The third kappa shape index (κ3) is 2.78. The van der Waals surface area contributed by atoms with Crippen LogP contribution in [0.15, 0.2) is 42.5 Å². The summed E-state index contributed by atoms with van der Waals surface area (Å²) in [6.45, 7) is 0. The van der Waals surface area contributed by atoms with Gasteiger partial charge in [0.05, 0.1) is 5.02 Å². The van der Waals surface area contributed by atoms with Crippen LogP contribution in [0, 0.1) is 11.2 Å².